The first-order valence-electron chi connectivity index (χ1n) is 8.44. The molecule has 0 N–H and O–H groups in total. The Kier molecular flexibility index (Phi) is 6.64. The SMILES string of the molecule is CC(C)[Si](OCC1CC(C#N)OC(C)(C)O1)(C(C)C)C(C)C. The number of ether oxygens (including phenoxy) is 2. The first-order chi connectivity index (χ1) is 10.0. The number of hydrogen-bond acceptors (Lipinski definition) is 4. The van der Waals surface area contributed by atoms with E-state index in [1.54, 1.807) is 0 Å². The van der Waals surface area contributed by atoms with Crippen molar-refractivity contribution in [2.75, 3.05) is 6.61 Å². The molecule has 128 valence electrons. The fourth-order valence-electron chi connectivity index (χ4n) is 4.03. The molecule has 1 aliphatic heterocycles. The van der Waals surface area contributed by atoms with Crippen LogP contribution in [-0.2, 0) is 13.9 Å². The highest BCUT2D eigenvalue weighted by Gasteiger charge is 2.46. The van der Waals surface area contributed by atoms with E-state index in [0.29, 0.717) is 29.7 Å². The average Bonchev–Trinajstić information content (AvgIpc) is 2.36. The summed E-state index contributed by atoms with van der Waals surface area (Å²) in [5.41, 5.74) is 1.64. The molecule has 0 aliphatic carbocycles. The monoisotopic (exact) mass is 327 g/mol. The van der Waals surface area contributed by atoms with Crippen molar-refractivity contribution in [3.05, 3.63) is 0 Å². The molecule has 2 atom stereocenters. The Morgan fingerprint density at radius 3 is 2.00 bits per heavy atom. The molecule has 1 heterocycles. The van der Waals surface area contributed by atoms with Crippen molar-refractivity contribution in [2.24, 2.45) is 0 Å². The molecule has 1 fully saturated rings. The molecule has 0 aromatic rings. The third kappa shape index (κ3) is 4.32. The van der Waals surface area contributed by atoms with Crippen LogP contribution in [0.2, 0.25) is 16.6 Å². The molecule has 0 aromatic heterocycles. The molecule has 1 saturated heterocycles. The largest absolute Gasteiger partial charge is 0.413 e. The van der Waals surface area contributed by atoms with Crippen molar-refractivity contribution in [1.29, 1.82) is 5.26 Å². The second-order valence-corrected chi connectivity index (χ2v) is 13.2. The van der Waals surface area contributed by atoms with Gasteiger partial charge in [-0.25, -0.2) is 0 Å². The minimum atomic E-state index is -1.89. The van der Waals surface area contributed by atoms with Gasteiger partial charge in [-0.1, -0.05) is 41.5 Å². The maximum Gasteiger partial charge on any atom is 0.200 e. The van der Waals surface area contributed by atoms with Gasteiger partial charge in [0.15, 0.2) is 14.1 Å². The zero-order chi connectivity index (χ0) is 17.1. The van der Waals surface area contributed by atoms with E-state index in [0.717, 1.165) is 0 Å². The molecule has 0 saturated carbocycles. The molecule has 0 aromatic carbocycles. The highest BCUT2D eigenvalue weighted by molar-refractivity contribution is 6.77. The van der Waals surface area contributed by atoms with Crippen molar-refractivity contribution in [3.8, 4) is 6.07 Å². The van der Waals surface area contributed by atoms with Crippen LogP contribution in [0.25, 0.3) is 0 Å². The molecule has 22 heavy (non-hydrogen) atoms. The quantitative estimate of drug-likeness (QED) is 0.668. The molecule has 0 bridgehead atoms. The van der Waals surface area contributed by atoms with Gasteiger partial charge >= 0.3 is 0 Å². The van der Waals surface area contributed by atoms with E-state index in [9.17, 15) is 5.26 Å². The second-order valence-electron chi connectivity index (χ2n) is 7.74. The summed E-state index contributed by atoms with van der Waals surface area (Å²) >= 11 is 0. The second kappa shape index (κ2) is 7.44. The number of hydrogen-bond donors (Lipinski definition) is 0. The summed E-state index contributed by atoms with van der Waals surface area (Å²) in [5, 5.41) is 9.17. The molecule has 1 aliphatic rings. The van der Waals surface area contributed by atoms with Crippen molar-refractivity contribution in [1.82, 2.24) is 0 Å². The van der Waals surface area contributed by atoms with Gasteiger partial charge in [0.1, 0.15) is 6.10 Å². The van der Waals surface area contributed by atoms with Crippen LogP contribution in [0.5, 0.6) is 0 Å². The number of rotatable bonds is 6. The lowest BCUT2D eigenvalue weighted by Gasteiger charge is -2.44. The highest BCUT2D eigenvalue weighted by Crippen LogP contribution is 2.42. The predicted molar refractivity (Wildman–Crippen MR) is 91.1 cm³/mol. The van der Waals surface area contributed by atoms with Crippen molar-refractivity contribution in [3.63, 3.8) is 0 Å². The molecule has 0 spiro atoms. The van der Waals surface area contributed by atoms with Gasteiger partial charge in [-0.15, -0.1) is 0 Å². The maximum atomic E-state index is 9.17. The Morgan fingerprint density at radius 1 is 1.09 bits per heavy atom. The lowest BCUT2D eigenvalue weighted by atomic mass is 10.1. The van der Waals surface area contributed by atoms with Gasteiger partial charge in [-0.2, -0.15) is 5.26 Å². The van der Waals surface area contributed by atoms with Crippen LogP contribution in [0, 0.1) is 11.3 Å². The van der Waals surface area contributed by atoms with Crippen LogP contribution in [0.1, 0.15) is 61.8 Å². The standard InChI is InChI=1S/C17H33NO3Si/c1-12(2)22(13(3)4,14(5)6)19-11-16-9-15(10-18)20-17(7,8)21-16/h12-16H,9,11H2,1-8H3. The van der Waals surface area contributed by atoms with Crippen LogP contribution in [0.4, 0.5) is 0 Å². The molecule has 5 heteroatoms. The van der Waals surface area contributed by atoms with E-state index >= 15 is 0 Å². The zero-order valence-corrected chi connectivity index (χ0v) is 16.5. The van der Waals surface area contributed by atoms with Crippen LogP contribution in [0.3, 0.4) is 0 Å². The molecule has 1 rings (SSSR count). The van der Waals surface area contributed by atoms with Crippen LogP contribution in [-0.4, -0.2) is 32.9 Å². The fourth-order valence-corrected chi connectivity index (χ4v) is 9.50. The predicted octanol–water partition coefficient (Wildman–Crippen LogP) is 4.61. The van der Waals surface area contributed by atoms with Crippen molar-refractivity contribution < 1.29 is 13.9 Å². The topological polar surface area (TPSA) is 51.5 Å². The Morgan fingerprint density at radius 2 is 1.59 bits per heavy atom. The third-order valence-electron chi connectivity index (χ3n) is 4.72. The van der Waals surface area contributed by atoms with Crippen molar-refractivity contribution >= 4 is 8.32 Å². The Bertz CT molecular complexity index is 379. The lowest BCUT2D eigenvalue weighted by molar-refractivity contribution is -0.292. The Hall–Kier alpha value is -0.413. The summed E-state index contributed by atoms with van der Waals surface area (Å²) in [5.74, 6) is -0.718. The summed E-state index contributed by atoms with van der Waals surface area (Å²) in [4.78, 5) is 0. The van der Waals surface area contributed by atoms with E-state index in [1.165, 1.54) is 0 Å². The summed E-state index contributed by atoms with van der Waals surface area (Å²) in [6, 6.07) is 2.21. The van der Waals surface area contributed by atoms with Gasteiger partial charge in [-0.3, -0.25) is 0 Å². The van der Waals surface area contributed by atoms with E-state index in [-0.39, 0.29) is 6.10 Å². The Balaban J connectivity index is 2.83. The maximum absolute atomic E-state index is 9.17. The molecular weight excluding hydrogens is 294 g/mol. The summed E-state index contributed by atoms with van der Waals surface area (Å²) < 4.78 is 18.2. The minimum Gasteiger partial charge on any atom is -0.413 e. The van der Waals surface area contributed by atoms with Gasteiger partial charge in [0.05, 0.1) is 18.8 Å². The van der Waals surface area contributed by atoms with Gasteiger partial charge < -0.3 is 13.9 Å². The highest BCUT2D eigenvalue weighted by atomic mass is 28.4. The van der Waals surface area contributed by atoms with E-state index in [2.05, 4.69) is 47.6 Å². The van der Waals surface area contributed by atoms with Crippen LogP contribution < -0.4 is 0 Å². The van der Waals surface area contributed by atoms with Crippen LogP contribution in [0.15, 0.2) is 0 Å². The molecule has 0 amide bonds. The molecule has 4 nitrogen and oxygen atoms in total. The first-order valence-corrected chi connectivity index (χ1v) is 10.6. The summed E-state index contributed by atoms with van der Waals surface area (Å²) in [6.45, 7) is 17.9. The van der Waals surface area contributed by atoms with Crippen molar-refractivity contribution in [2.45, 2.75) is 96.4 Å². The average molecular weight is 328 g/mol. The van der Waals surface area contributed by atoms with Gasteiger partial charge in [0, 0.05) is 6.42 Å². The van der Waals surface area contributed by atoms with E-state index in [1.807, 2.05) is 13.8 Å². The normalized spacial score (nSPS) is 25.7. The Labute approximate surface area is 137 Å². The smallest absolute Gasteiger partial charge is 0.200 e. The van der Waals surface area contributed by atoms with Gasteiger partial charge in [0.25, 0.3) is 0 Å². The zero-order valence-electron chi connectivity index (χ0n) is 15.5. The van der Waals surface area contributed by atoms with Gasteiger partial charge in [0.2, 0.25) is 0 Å². The molecular formula is C17H33NO3Si. The lowest BCUT2D eigenvalue weighted by Crippen LogP contribution is -2.52. The summed E-state index contributed by atoms with van der Waals surface area (Å²) in [6.07, 6.45) is 0.0979. The first kappa shape index (κ1) is 19.6. The third-order valence-corrected chi connectivity index (χ3v) is 10.8. The fraction of sp³-hybridized carbons (Fsp3) is 0.941. The number of nitrogens with zero attached hydrogens (tertiary/aromatic N) is 1. The minimum absolute atomic E-state index is 0.0727. The number of nitriles is 1. The van der Waals surface area contributed by atoms with E-state index in [4.69, 9.17) is 13.9 Å². The van der Waals surface area contributed by atoms with Crippen LogP contribution >= 0.6 is 0 Å². The van der Waals surface area contributed by atoms with E-state index < -0.39 is 20.2 Å². The summed E-state index contributed by atoms with van der Waals surface area (Å²) in [7, 11) is -1.89. The molecule has 0 radical (unpaired) electrons. The molecule has 2 unspecified atom stereocenters. The van der Waals surface area contributed by atoms with Gasteiger partial charge in [-0.05, 0) is 30.5 Å².